The first-order valence-electron chi connectivity index (χ1n) is 6.75. The number of ether oxygens (including phenoxy) is 1. The predicted molar refractivity (Wildman–Crippen MR) is 73.1 cm³/mol. The quantitative estimate of drug-likeness (QED) is 0.617. The molecule has 0 heterocycles. The summed E-state index contributed by atoms with van der Waals surface area (Å²) < 4.78 is 106. The van der Waals surface area contributed by atoms with Gasteiger partial charge in [0.1, 0.15) is 5.82 Å². The van der Waals surface area contributed by atoms with Crippen LogP contribution in [0.4, 0.5) is 35.1 Å². The Morgan fingerprint density at radius 3 is 2.04 bits per heavy atom. The van der Waals surface area contributed by atoms with Crippen LogP contribution in [0.5, 0.6) is 5.75 Å². The maximum atomic E-state index is 13.9. The van der Waals surface area contributed by atoms with Gasteiger partial charge in [-0.1, -0.05) is 18.2 Å². The van der Waals surface area contributed by atoms with E-state index in [1.807, 2.05) is 0 Å². The van der Waals surface area contributed by atoms with Crippen LogP contribution in [0.3, 0.4) is 0 Å². The molecule has 0 bridgehead atoms. The molecule has 0 aliphatic carbocycles. The van der Waals surface area contributed by atoms with Crippen LogP contribution in [0, 0.1) is 18.6 Å². The molecule has 0 radical (unpaired) electrons. The van der Waals surface area contributed by atoms with E-state index in [-0.39, 0.29) is 11.1 Å². The molecule has 0 aliphatic heterocycles. The van der Waals surface area contributed by atoms with Gasteiger partial charge >= 0.3 is 12.3 Å². The first-order chi connectivity index (χ1) is 11.4. The zero-order valence-electron chi connectivity index (χ0n) is 12.5. The summed E-state index contributed by atoms with van der Waals surface area (Å²) in [5.74, 6) is -3.50. The van der Waals surface area contributed by atoms with Crippen LogP contribution in [0.25, 0.3) is 11.1 Å². The van der Waals surface area contributed by atoms with Gasteiger partial charge in [-0.3, -0.25) is 0 Å². The van der Waals surface area contributed by atoms with Crippen molar-refractivity contribution < 1.29 is 39.9 Å². The molecule has 0 saturated carbocycles. The number of hydrogen-bond acceptors (Lipinski definition) is 1. The molecule has 1 unspecified atom stereocenters. The molecule has 0 aliphatic rings. The van der Waals surface area contributed by atoms with E-state index in [9.17, 15) is 35.1 Å². The average Bonchev–Trinajstić information content (AvgIpc) is 2.47. The maximum absolute atomic E-state index is 13.9. The Morgan fingerprint density at radius 1 is 0.880 bits per heavy atom. The molecule has 25 heavy (non-hydrogen) atoms. The van der Waals surface area contributed by atoms with Gasteiger partial charge in [-0.2, -0.15) is 22.0 Å². The largest absolute Gasteiger partial charge is 0.439 e. The fourth-order valence-corrected chi connectivity index (χ4v) is 1.99. The summed E-state index contributed by atoms with van der Waals surface area (Å²) in [6, 6.07) is 6.12. The van der Waals surface area contributed by atoms with Crippen molar-refractivity contribution in [1.29, 1.82) is 0 Å². The van der Waals surface area contributed by atoms with Crippen LogP contribution in [0.15, 0.2) is 36.4 Å². The van der Waals surface area contributed by atoms with Crippen LogP contribution in [0.2, 0.25) is 0 Å². The molecular formula is C16H10F8O. The van der Waals surface area contributed by atoms with E-state index >= 15 is 0 Å². The molecule has 0 fully saturated rings. The second-order valence-electron chi connectivity index (χ2n) is 5.20. The van der Waals surface area contributed by atoms with Crippen LogP contribution in [-0.4, -0.2) is 18.5 Å². The first kappa shape index (κ1) is 19.0. The van der Waals surface area contributed by atoms with Gasteiger partial charge in [0.05, 0.1) is 0 Å². The first-order valence-corrected chi connectivity index (χ1v) is 6.75. The molecule has 1 nitrogen and oxygen atoms in total. The zero-order chi connectivity index (χ0) is 19.0. The molecular weight excluding hydrogens is 360 g/mol. The van der Waals surface area contributed by atoms with Crippen molar-refractivity contribution in [2.75, 3.05) is 0 Å². The SMILES string of the molecule is Cc1ccc(-c2ccc(OC(F)(F)C(F)C(F)(F)F)c(F)c2)c(F)c1. The predicted octanol–water partition coefficient (Wildman–Crippen LogP) is 5.81. The van der Waals surface area contributed by atoms with Crippen LogP contribution < -0.4 is 4.74 Å². The van der Waals surface area contributed by atoms with Gasteiger partial charge in [0.15, 0.2) is 11.6 Å². The summed E-state index contributed by atoms with van der Waals surface area (Å²) in [5.41, 5.74) is 0.474. The van der Waals surface area contributed by atoms with Crippen molar-refractivity contribution in [1.82, 2.24) is 0 Å². The summed E-state index contributed by atoms with van der Waals surface area (Å²) >= 11 is 0. The van der Waals surface area contributed by atoms with Gasteiger partial charge in [0.2, 0.25) is 0 Å². The monoisotopic (exact) mass is 370 g/mol. The Labute approximate surface area is 136 Å². The highest BCUT2D eigenvalue weighted by Gasteiger charge is 2.59. The van der Waals surface area contributed by atoms with E-state index in [0.29, 0.717) is 17.7 Å². The highest BCUT2D eigenvalue weighted by molar-refractivity contribution is 5.65. The highest BCUT2D eigenvalue weighted by Crippen LogP contribution is 2.38. The lowest BCUT2D eigenvalue weighted by Crippen LogP contribution is -2.45. The number of aryl methyl sites for hydroxylation is 1. The minimum absolute atomic E-state index is 0.0542. The number of hydrogen-bond donors (Lipinski definition) is 0. The van der Waals surface area contributed by atoms with Crippen molar-refractivity contribution in [2.45, 2.75) is 25.4 Å². The lowest BCUT2D eigenvalue weighted by atomic mass is 10.0. The normalized spacial score (nSPS) is 13.6. The maximum Gasteiger partial charge on any atom is 0.439 e. The van der Waals surface area contributed by atoms with E-state index in [0.717, 1.165) is 12.1 Å². The lowest BCUT2D eigenvalue weighted by Gasteiger charge is -2.23. The van der Waals surface area contributed by atoms with Crippen molar-refractivity contribution >= 4 is 0 Å². The topological polar surface area (TPSA) is 9.23 Å². The van der Waals surface area contributed by atoms with Crippen LogP contribution in [-0.2, 0) is 0 Å². The van der Waals surface area contributed by atoms with Crippen molar-refractivity contribution in [2.24, 2.45) is 0 Å². The van der Waals surface area contributed by atoms with Gasteiger partial charge < -0.3 is 4.74 Å². The van der Waals surface area contributed by atoms with Crippen LogP contribution in [0.1, 0.15) is 5.56 Å². The van der Waals surface area contributed by atoms with Gasteiger partial charge in [0, 0.05) is 5.56 Å². The number of halogens is 8. The second-order valence-corrected chi connectivity index (χ2v) is 5.20. The zero-order valence-corrected chi connectivity index (χ0v) is 12.5. The van der Waals surface area contributed by atoms with Crippen molar-refractivity contribution in [3.05, 3.63) is 53.6 Å². The molecule has 2 aromatic rings. The summed E-state index contributed by atoms with van der Waals surface area (Å²) in [7, 11) is 0. The second kappa shape index (κ2) is 6.53. The molecule has 136 valence electrons. The summed E-state index contributed by atoms with van der Waals surface area (Å²) in [6.45, 7) is 1.61. The number of benzene rings is 2. The summed E-state index contributed by atoms with van der Waals surface area (Å²) in [5, 5.41) is 0. The van der Waals surface area contributed by atoms with E-state index < -0.39 is 35.8 Å². The number of rotatable bonds is 4. The molecule has 0 spiro atoms. The molecule has 2 aromatic carbocycles. The average molecular weight is 370 g/mol. The molecule has 0 N–H and O–H groups in total. The minimum Gasteiger partial charge on any atom is -0.427 e. The molecule has 0 saturated heterocycles. The van der Waals surface area contributed by atoms with Crippen LogP contribution >= 0.6 is 0 Å². The standard InChI is InChI=1S/C16H10F8O/c1-8-2-4-10(11(17)6-8)9-3-5-13(12(18)7-9)25-16(23,24)14(19)15(20,21)22/h2-7,14H,1H3. The Morgan fingerprint density at radius 2 is 1.52 bits per heavy atom. The Hall–Kier alpha value is -2.32. The van der Waals surface area contributed by atoms with Crippen molar-refractivity contribution in [3.63, 3.8) is 0 Å². The summed E-state index contributed by atoms with van der Waals surface area (Å²) in [6.07, 6.45) is -15.8. The molecule has 9 heteroatoms. The highest BCUT2D eigenvalue weighted by atomic mass is 19.4. The Balaban J connectivity index is 2.31. The van der Waals surface area contributed by atoms with Gasteiger partial charge in [-0.25, -0.2) is 13.2 Å². The summed E-state index contributed by atoms with van der Waals surface area (Å²) in [4.78, 5) is 0. The third kappa shape index (κ3) is 4.21. The van der Waals surface area contributed by atoms with E-state index in [1.165, 1.54) is 12.1 Å². The van der Waals surface area contributed by atoms with E-state index in [4.69, 9.17) is 0 Å². The van der Waals surface area contributed by atoms with Gasteiger partial charge in [-0.15, -0.1) is 0 Å². The third-order valence-corrected chi connectivity index (χ3v) is 3.20. The Kier molecular flexibility index (Phi) is 4.97. The molecule has 0 amide bonds. The van der Waals surface area contributed by atoms with Crippen molar-refractivity contribution in [3.8, 4) is 16.9 Å². The van der Waals surface area contributed by atoms with E-state index in [2.05, 4.69) is 4.74 Å². The lowest BCUT2D eigenvalue weighted by molar-refractivity contribution is -0.305. The minimum atomic E-state index is -5.88. The van der Waals surface area contributed by atoms with Gasteiger partial charge in [0.25, 0.3) is 6.17 Å². The van der Waals surface area contributed by atoms with E-state index in [1.54, 1.807) is 6.92 Å². The molecule has 2 rings (SSSR count). The molecule has 1 atom stereocenters. The number of alkyl halides is 6. The fraction of sp³-hybridized carbons (Fsp3) is 0.250. The molecule has 0 aromatic heterocycles. The smallest absolute Gasteiger partial charge is 0.427 e. The fourth-order valence-electron chi connectivity index (χ4n) is 1.99. The van der Waals surface area contributed by atoms with Gasteiger partial charge in [-0.05, 0) is 36.2 Å². The Bertz CT molecular complexity index is 769. The third-order valence-electron chi connectivity index (χ3n) is 3.20.